The molecule has 124 valence electrons. The molecule has 24 heavy (non-hydrogen) atoms. The largest absolute Gasteiger partial charge is 0.441 e. The molecular formula is C16H19N7O. The molecule has 0 saturated carbocycles. The Morgan fingerprint density at radius 2 is 2.04 bits per heavy atom. The van der Waals surface area contributed by atoms with Crippen LogP contribution in [-0.4, -0.2) is 39.1 Å². The van der Waals surface area contributed by atoms with Crippen LogP contribution >= 0.6 is 0 Å². The number of aryl methyl sites for hydroxylation is 1. The molecule has 8 heteroatoms. The number of nitrogens with two attached hydrogens (primary N) is 1. The van der Waals surface area contributed by atoms with Gasteiger partial charge in [0.2, 0.25) is 11.9 Å². The summed E-state index contributed by atoms with van der Waals surface area (Å²) in [4.78, 5) is 19.4. The first-order valence-electron chi connectivity index (χ1n) is 8.01. The third-order valence-electron chi connectivity index (χ3n) is 4.13. The first-order valence-corrected chi connectivity index (χ1v) is 8.01. The molecule has 0 radical (unpaired) electrons. The van der Waals surface area contributed by atoms with Crippen molar-refractivity contribution in [3.05, 3.63) is 30.4 Å². The molecule has 1 fully saturated rings. The average Bonchev–Trinajstić information content (AvgIpc) is 2.95. The number of fused-ring (bicyclic) bond motifs is 1. The molecule has 0 bridgehead atoms. The fraction of sp³-hybridized carbons (Fsp3) is 0.375. The van der Waals surface area contributed by atoms with Gasteiger partial charge in [-0.1, -0.05) is 0 Å². The highest BCUT2D eigenvalue weighted by Gasteiger charge is 2.18. The van der Waals surface area contributed by atoms with E-state index in [0.717, 1.165) is 42.7 Å². The van der Waals surface area contributed by atoms with E-state index < -0.39 is 0 Å². The van der Waals surface area contributed by atoms with Crippen LogP contribution in [0.5, 0.6) is 0 Å². The molecule has 0 unspecified atom stereocenters. The number of benzene rings is 1. The minimum absolute atomic E-state index is 0.276. The Bertz CT molecular complexity index is 855. The van der Waals surface area contributed by atoms with Gasteiger partial charge in [0.15, 0.2) is 11.5 Å². The fourth-order valence-corrected chi connectivity index (χ4v) is 2.85. The van der Waals surface area contributed by atoms with Crippen LogP contribution in [0.1, 0.15) is 18.7 Å². The molecule has 8 nitrogen and oxygen atoms in total. The second-order valence-corrected chi connectivity index (χ2v) is 5.97. The maximum absolute atomic E-state index is 5.95. The Morgan fingerprint density at radius 3 is 2.88 bits per heavy atom. The van der Waals surface area contributed by atoms with E-state index in [9.17, 15) is 0 Å². The number of hydrogen-bond acceptors (Lipinski definition) is 8. The van der Waals surface area contributed by atoms with E-state index in [-0.39, 0.29) is 6.04 Å². The van der Waals surface area contributed by atoms with Crippen molar-refractivity contribution in [1.82, 2.24) is 19.9 Å². The van der Waals surface area contributed by atoms with Gasteiger partial charge in [-0.2, -0.15) is 4.98 Å². The van der Waals surface area contributed by atoms with Gasteiger partial charge < -0.3 is 20.4 Å². The van der Waals surface area contributed by atoms with E-state index in [0.29, 0.717) is 17.8 Å². The summed E-state index contributed by atoms with van der Waals surface area (Å²) in [6.07, 6.45) is 3.43. The molecule has 3 N–H and O–H groups in total. The molecular weight excluding hydrogens is 306 g/mol. The molecule has 0 atom stereocenters. The predicted molar refractivity (Wildman–Crippen MR) is 91.3 cm³/mol. The van der Waals surface area contributed by atoms with Gasteiger partial charge in [0.25, 0.3) is 0 Å². The number of rotatable bonds is 3. The molecule has 3 aromatic rings. The third-order valence-corrected chi connectivity index (χ3v) is 4.13. The molecule has 0 aliphatic carbocycles. The zero-order valence-electron chi connectivity index (χ0n) is 13.4. The van der Waals surface area contributed by atoms with Gasteiger partial charge in [0.1, 0.15) is 11.8 Å². The van der Waals surface area contributed by atoms with Crippen molar-refractivity contribution in [3.8, 4) is 0 Å². The SMILES string of the molecule is Cc1nc2ccc(Nc3ncnc(N4CCC(N)CC4)n3)cc2o1. The van der Waals surface area contributed by atoms with Crippen LogP contribution in [0.25, 0.3) is 11.1 Å². The van der Waals surface area contributed by atoms with Crippen molar-refractivity contribution >= 4 is 28.7 Å². The van der Waals surface area contributed by atoms with Crippen molar-refractivity contribution in [1.29, 1.82) is 0 Å². The van der Waals surface area contributed by atoms with Gasteiger partial charge >= 0.3 is 0 Å². The lowest BCUT2D eigenvalue weighted by atomic mass is 10.1. The second-order valence-electron chi connectivity index (χ2n) is 5.97. The molecule has 2 aromatic heterocycles. The van der Waals surface area contributed by atoms with Crippen LogP contribution in [-0.2, 0) is 0 Å². The Morgan fingerprint density at radius 1 is 1.21 bits per heavy atom. The van der Waals surface area contributed by atoms with E-state index in [1.807, 2.05) is 25.1 Å². The summed E-state index contributed by atoms with van der Waals surface area (Å²) in [6, 6.07) is 5.99. The highest BCUT2D eigenvalue weighted by Crippen LogP contribution is 2.22. The smallest absolute Gasteiger partial charge is 0.232 e. The lowest BCUT2D eigenvalue weighted by Gasteiger charge is -2.30. The van der Waals surface area contributed by atoms with Crippen LogP contribution in [0.15, 0.2) is 28.9 Å². The highest BCUT2D eigenvalue weighted by molar-refractivity contribution is 5.78. The fourth-order valence-electron chi connectivity index (χ4n) is 2.85. The molecule has 3 heterocycles. The predicted octanol–water partition coefficient (Wildman–Crippen LogP) is 1.99. The lowest BCUT2D eigenvalue weighted by Crippen LogP contribution is -2.40. The van der Waals surface area contributed by atoms with E-state index in [2.05, 4.69) is 30.2 Å². The van der Waals surface area contributed by atoms with Crippen molar-refractivity contribution in [2.45, 2.75) is 25.8 Å². The monoisotopic (exact) mass is 325 g/mol. The van der Waals surface area contributed by atoms with Crippen LogP contribution in [0.4, 0.5) is 17.6 Å². The topological polar surface area (TPSA) is 106 Å². The van der Waals surface area contributed by atoms with E-state index in [1.54, 1.807) is 0 Å². The van der Waals surface area contributed by atoms with Gasteiger partial charge in [0.05, 0.1) is 0 Å². The van der Waals surface area contributed by atoms with Crippen molar-refractivity contribution < 1.29 is 4.42 Å². The first-order chi connectivity index (χ1) is 11.7. The van der Waals surface area contributed by atoms with Gasteiger partial charge in [-0.25, -0.2) is 15.0 Å². The summed E-state index contributed by atoms with van der Waals surface area (Å²) in [5, 5.41) is 3.19. The van der Waals surface area contributed by atoms with Gasteiger partial charge in [-0.05, 0) is 25.0 Å². The van der Waals surface area contributed by atoms with Crippen LogP contribution in [0, 0.1) is 6.92 Å². The van der Waals surface area contributed by atoms with Gasteiger partial charge in [0, 0.05) is 37.8 Å². The number of nitrogens with zero attached hydrogens (tertiary/aromatic N) is 5. The number of hydrogen-bond donors (Lipinski definition) is 2. The zero-order valence-corrected chi connectivity index (χ0v) is 13.4. The maximum Gasteiger partial charge on any atom is 0.232 e. The van der Waals surface area contributed by atoms with Gasteiger partial charge in [-0.3, -0.25) is 0 Å². The average molecular weight is 325 g/mol. The number of nitrogens with one attached hydrogen (secondary N) is 1. The Labute approximate surface area is 139 Å². The molecule has 1 aliphatic rings. The Hall–Kier alpha value is -2.74. The molecule has 1 aliphatic heterocycles. The zero-order chi connectivity index (χ0) is 16.5. The summed E-state index contributed by atoms with van der Waals surface area (Å²) in [6.45, 7) is 3.57. The van der Waals surface area contributed by atoms with E-state index >= 15 is 0 Å². The van der Waals surface area contributed by atoms with Crippen LogP contribution < -0.4 is 16.0 Å². The van der Waals surface area contributed by atoms with Crippen molar-refractivity contribution in [2.75, 3.05) is 23.3 Å². The summed E-state index contributed by atoms with van der Waals surface area (Å²) >= 11 is 0. The summed E-state index contributed by atoms with van der Waals surface area (Å²) in [5.74, 6) is 1.83. The Kier molecular flexibility index (Phi) is 3.73. The third kappa shape index (κ3) is 3.00. The van der Waals surface area contributed by atoms with E-state index in [4.69, 9.17) is 10.2 Å². The van der Waals surface area contributed by atoms with Crippen LogP contribution in [0.3, 0.4) is 0 Å². The summed E-state index contributed by atoms with van der Waals surface area (Å²) in [5.41, 5.74) is 8.36. The van der Waals surface area contributed by atoms with Gasteiger partial charge in [-0.15, -0.1) is 0 Å². The minimum atomic E-state index is 0.276. The molecule has 1 saturated heterocycles. The Balaban J connectivity index is 1.54. The number of aromatic nitrogens is 4. The highest BCUT2D eigenvalue weighted by atomic mass is 16.3. The normalized spacial score (nSPS) is 15.8. The standard InChI is InChI=1S/C16H19N7O/c1-10-20-13-3-2-12(8-14(13)24-10)21-15-18-9-19-16(22-15)23-6-4-11(17)5-7-23/h2-3,8-9,11H,4-7,17H2,1H3,(H,18,19,21,22). The quantitative estimate of drug-likeness (QED) is 0.753. The first kappa shape index (κ1) is 14.8. The lowest BCUT2D eigenvalue weighted by molar-refractivity contribution is 0.495. The molecule has 4 rings (SSSR count). The minimum Gasteiger partial charge on any atom is -0.441 e. The maximum atomic E-state index is 5.95. The summed E-state index contributed by atoms with van der Waals surface area (Å²) < 4.78 is 5.55. The van der Waals surface area contributed by atoms with Crippen molar-refractivity contribution in [3.63, 3.8) is 0 Å². The molecule has 1 aromatic carbocycles. The van der Waals surface area contributed by atoms with Crippen molar-refractivity contribution in [2.24, 2.45) is 5.73 Å². The molecule has 0 amide bonds. The van der Waals surface area contributed by atoms with Crippen LogP contribution in [0.2, 0.25) is 0 Å². The number of anilines is 3. The number of oxazole rings is 1. The van der Waals surface area contributed by atoms with E-state index in [1.165, 1.54) is 6.33 Å². The molecule has 0 spiro atoms. The number of piperidine rings is 1. The summed E-state index contributed by atoms with van der Waals surface area (Å²) in [7, 11) is 0. The second kappa shape index (κ2) is 6.04.